The molecule has 1 amide bonds. The van der Waals surface area contributed by atoms with E-state index in [1.54, 1.807) is 12.0 Å². The van der Waals surface area contributed by atoms with Crippen molar-refractivity contribution >= 4 is 67.8 Å². The van der Waals surface area contributed by atoms with Crippen LogP contribution in [0.4, 0.5) is 0 Å². The first kappa shape index (κ1) is 24.8. The minimum atomic E-state index is -0.107. The van der Waals surface area contributed by atoms with Gasteiger partial charge in [-0.3, -0.25) is 9.69 Å². The maximum Gasteiger partial charge on any atom is 0.266 e. The van der Waals surface area contributed by atoms with E-state index >= 15 is 0 Å². The van der Waals surface area contributed by atoms with Crippen LogP contribution in [0.3, 0.4) is 0 Å². The maximum atomic E-state index is 13.1. The Morgan fingerprint density at radius 1 is 1.06 bits per heavy atom. The second-order valence-electron chi connectivity index (χ2n) is 7.69. The van der Waals surface area contributed by atoms with Gasteiger partial charge in [0, 0.05) is 9.50 Å². The molecule has 4 nitrogen and oxygen atoms in total. The summed E-state index contributed by atoms with van der Waals surface area (Å²) in [7, 11) is 1.59. The number of rotatable bonds is 7. The van der Waals surface area contributed by atoms with Crippen LogP contribution in [0.5, 0.6) is 11.5 Å². The smallest absolute Gasteiger partial charge is 0.266 e. The average molecular weight is 575 g/mol. The predicted molar refractivity (Wildman–Crippen MR) is 146 cm³/mol. The highest BCUT2D eigenvalue weighted by Crippen LogP contribution is 2.38. The molecule has 0 spiro atoms. The van der Waals surface area contributed by atoms with Crippen LogP contribution in [0.15, 0.2) is 70.0 Å². The molecule has 3 aromatic rings. The fraction of sp³-hybridized carbons (Fsp3) is 0.154. The molecule has 0 unspecified atom stereocenters. The first-order valence-corrected chi connectivity index (χ1v) is 12.8. The number of nitrogens with zero attached hydrogens (tertiary/aromatic N) is 1. The first-order chi connectivity index (χ1) is 16.3. The van der Waals surface area contributed by atoms with E-state index in [-0.39, 0.29) is 5.91 Å². The highest BCUT2D eigenvalue weighted by atomic mass is 79.9. The standard InChI is InChI=1S/C26H21BrClNO3S2/c1-16-3-5-17(6-4-16)14-29-25(30)24(34-26(29)33)12-19-11-22(31-2)23(13-21(19)27)32-15-18-7-9-20(28)10-8-18/h3-13H,14-15H2,1-2H3/b24-12-. The third-order valence-corrected chi connectivity index (χ3v) is 7.53. The Morgan fingerprint density at radius 3 is 2.41 bits per heavy atom. The van der Waals surface area contributed by atoms with Crippen LogP contribution in [0, 0.1) is 6.92 Å². The lowest BCUT2D eigenvalue weighted by atomic mass is 10.1. The van der Waals surface area contributed by atoms with Crippen molar-refractivity contribution in [2.75, 3.05) is 7.11 Å². The molecule has 0 bridgehead atoms. The first-order valence-electron chi connectivity index (χ1n) is 10.4. The average Bonchev–Trinajstić information content (AvgIpc) is 3.08. The number of hydrogen-bond donors (Lipinski definition) is 0. The summed E-state index contributed by atoms with van der Waals surface area (Å²) in [6.45, 7) is 2.85. The number of carbonyl (C=O) groups is 1. The number of hydrogen-bond acceptors (Lipinski definition) is 5. The summed E-state index contributed by atoms with van der Waals surface area (Å²) in [6, 6.07) is 19.3. The Kier molecular flexibility index (Phi) is 7.99. The summed E-state index contributed by atoms with van der Waals surface area (Å²) in [4.78, 5) is 15.3. The molecule has 0 aromatic heterocycles. The molecule has 1 aliphatic heterocycles. The highest BCUT2D eigenvalue weighted by molar-refractivity contribution is 9.10. The molecule has 34 heavy (non-hydrogen) atoms. The third-order valence-electron chi connectivity index (χ3n) is 5.21. The van der Waals surface area contributed by atoms with Gasteiger partial charge in [-0.1, -0.05) is 93.5 Å². The Bertz CT molecular complexity index is 1260. The van der Waals surface area contributed by atoms with Crippen molar-refractivity contribution in [2.45, 2.75) is 20.1 Å². The number of amides is 1. The number of methoxy groups -OCH3 is 1. The van der Waals surface area contributed by atoms with Gasteiger partial charge in [-0.05, 0) is 54.0 Å². The summed E-state index contributed by atoms with van der Waals surface area (Å²) in [5.41, 5.74) is 4.00. The summed E-state index contributed by atoms with van der Waals surface area (Å²) >= 11 is 16.3. The molecular formula is C26H21BrClNO3S2. The zero-order valence-electron chi connectivity index (χ0n) is 18.5. The number of thioether (sulfide) groups is 1. The molecule has 0 saturated carbocycles. The summed E-state index contributed by atoms with van der Waals surface area (Å²) in [6.07, 6.45) is 1.82. The van der Waals surface area contributed by atoms with Gasteiger partial charge in [-0.25, -0.2) is 0 Å². The van der Waals surface area contributed by atoms with Gasteiger partial charge < -0.3 is 9.47 Å². The van der Waals surface area contributed by atoms with E-state index in [4.69, 9.17) is 33.3 Å². The molecule has 0 atom stereocenters. The number of thiocarbonyl (C=S) groups is 1. The van der Waals surface area contributed by atoms with Crippen LogP contribution in [-0.2, 0) is 17.9 Å². The van der Waals surface area contributed by atoms with Gasteiger partial charge in [-0.2, -0.15) is 0 Å². The van der Waals surface area contributed by atoms with Gasteiger partial charge in [0.2, 0.25) is 0 Å². The van der Waals surface area contributed by atoms with Crippen molar-refractivity contribution in [3.63, 3.8) is 0 Å². The second-order valence-corrected chi connectivity index (χ2v) is 10.7. The fourth-order valence-electron chi connectivity index (χ4n) is 3.33. The summed E-state index contributed by atoms with van der Waals surface area (Å²) < 4.78 is 12.8. The van der Waals surface area contributed by atoms with Crippen molar-refractivity contribution in [3.05, 3.63) is 97.3 Å². The van der Waals surface area contributed by atoms with Gasteiger partial charge in [0.15, 0.2) is 11.5 Å². The van der Waals surface area contributed by atoms with Crippen LogP contribution in [0.1, 0.15) is 22.3 Å². The molecule has 1 saturated heterocycles. The van der Waals surface area contributed by atoms with E-state index in [0.717, 1.165) is 21.2 Å². The predicted octanol–water partition coefficient (Wildman–Crippen LogP) is 7.40. The van der Waals surface area contributed by atoms with Crippen LogP contribution in [-0.4, -0.2) is 22.2 Å². The zero-order chi connectivity index (χ0) is 24.2. The monoisotopic (exact) mass is 573 g/mol. The number of ether oxygens (including phenoxy) is 2. The summed E-state index contributed by atoms with van der Waals surface area (Å²) in [5.74, 6) is 1.05. The molecule has 1 heterocycles. The molecule has 0 radical (unpaired) electrons. The summed E-state index contributed by atoms with van der Waals surface area (Å²) in [5, 5.41) is 0.678. The molecule has 0 aliphatic carbocycles. The Balaban J connectivity index is 1.52. The minimum Gasteiger partial charge on any atom is -0.493 e. The quantitative estimate of drug-likeness (QED) is 0.217. The lowest BCUT2D eigenvalue weighted by Gasteiger charge is -2.15. The number of carbonyl (C=O) groups excluding carboxylic acids is 1. The minimum absolute atomic E-state index is 0.107. The van der Waals surface area contributed by atoms with Gasteiger partial charge in [0.1, 0.15) is 10.9 Å². The van der Waals surface area contributed by atoms with Gasteiger partial charge in [0.05, 0.1) is 18.6 Å². The Labute approximate surface area is 222 Å². The lowest BCUT2D eigenvalue weighted by Crippen LogP contribution is -2.27. The van der Waals surface area contributed by atoms with E-state index in [1.165, 1.54) is 17.3 Å². The SMILES string of the molecule is COc1cc(/C=C2\SC(=S)N(Cc3ccc(C)cc3)C2=O)c(Br)cc1OCc1ccc(Cl)cc1. The highest BCUT2D eigenvalue weighted by Gasteiger charge is 2.32. The van der Waals surface area contributed by atoms with Crippen molar-refractivity contribution in [2.24, 2.45) is 0 Å². The molecular weight excluding hydrogens is 554 g/mol. The lowest BCUT2D eigenvalue weighted by molar-refractivity contribution is -0.122. The zero-order valence-corrected chi connectivity index (χ0v) is 22.5. The maximum absolute atomic E-state index is 13.1. The Morgan fingerprint density at radius 2 is 1.74 bits per heavy atom. The molecule has 3 aromatic carbocycles. The van der Waals surface area contributed by atoms with Crippen molar-refractivity contribution < 1.29 is 14.3 Å². The molecule has 0 N–H and O–H groups in total. The van der Waals surface area contributed by atoms with E-state index in [9.17, 15) is 4.79 Å². The normalized spacial score (nSPS) is 14.7. The molecule has 1 aliphatic rings. The Hall–Kier alpha value is -2.32. The van der Waals surface area contributed by atoms with Crippen molar-refractivity contribution in [1.82, 2.24) is 4.90 Å². The number of aryl methyl sites for hydroxylation is 1. The third kappa shape index (κ3) is 5.84. The van der Waals surface area contributed by atoms with Gasteiger partial charge in [-0.15, -0.1) is 0 Å². The molecule has 1 fully saturated rings. The van der Waals surface area contributed by atoms with E-state index in [0.29, 0.717) is 38.9 Å². The van der Waals surface area contributed by atoms with Crippen LogP contribution < -0.4 is 9.47 Å². The van der Waals surface area contributed by atoms with Crippen LogP contribution in [0.2, 0.25) is 5.02 Å². The molecule has 174 valence electrons. The largest absolute Gasteiger partial charge is 0.493 e. The van der Waals surface area contributed by atoms with E-state index < -0.39 is 0 Å². The van der Waals surface area contributed by atoms with Crippen molar-refractivity contribution in [3.8, 4) is 11.5 Å². The number of benzene rings is 3. The second kappa shape index (κ2) is 11.0. The van der Waals surface area contributed by atoms with E-state index in [1.807, 2.05) is 73.7 Å². The van der Waals surface area contributed by atoms with E-state index in [2.05, 4.69) is 15.9 Å². The van der Waals surface area contributed by atoms with Crippen molar-refractivity contribution in [1.29, 1.82) is 0 Å². The van der Waals surface area contributed by atoms with Gasteiger partial charge >= 0.3 is 0 Å². The molecule has 8 heteroatoms. The molecule has 4 rings (SSSR count). The topological polar surface area (TPSA) is 38.8 Å². The van der Waals surface area contributed by atoms with Crippen LogP contribution in [0.25, 0.3) is 6.08 Å². The van der Waals surface area contributed by atoms with Crippen LogP contribution >= 0.6 is 51.5 Å². The number of halogens is 2. The van der Waals surface area contributed by atoms with Gasteiger partial charge in [0.25, 0.3) is 5.91 Å². The fourth-order valence-corrected chi connectivity index (χ4v) is 5.14.